The summed E-state index contributed by atoms with van der Waals surface area (Å²) in [7, 11) is 0. The monoisotopic (exact) mass is 353 g/mol. The smallest absolute Gasteiger partial charge is 0.156 e. The van der Waals surface area contributed by atoms with E-state index in [0.717, 1.165) is 28.9 Å². The van der Waals surface area contributed by atoms with E-state index in [4.69, 9.17) is 5.73 Å². The van der Waals surface area contributed by atoms with Crippen LogP contribution in [0.4, 0.5) is 17.2 Å². The first-order chi connectivity index (χ1) is 11.8. The fourth-order valence-corrected chi connectivity index (χ4v) is 2.85. The molecule has 0 aliphatic heterocycles. The molecule has 0 spiro atoms. The van der Waals surface area contributed by atoms with E-state index in [0.29, 0.717) is 17.8 Å². The van der Waals surface area contributed by atoms with Gasteiger partial charge in [-0.05, 0) is 30.7 Å². The van der Waals surface area contributed by atoms with E-state index in [2.05, 4.69) is 16.8 Å². The number of hydrogen-bond donors (Lipinski definition) is 1. The second-order valence-corrected chi connectivity index (χ2v) is 5.38. The van der Waals surface area contributed by atoms with Gasteiger partial charge in [0, 0.05) is 23.9 Å². The molecule has 3 rings (SSSR count). The van der Waals surface area contributed by atoms with Crippen LogP contribution in [-0.4, -0.2) is 17.8 Å². The Morgan fingerprint density at radius 3 is 2.36 bits per heavy atom. The Morgan fingerprint density at radius 1 is 1.00 bits per heavy atom. The van der Waals surface area contributed by atoms with E-state index in [1.807, 2.05) is 60.7 Å². The van der Waals surface area contributed by atoms with Crippen LogP contribution < -0.4 is 10.6 Å². The zero-order valence-electron chi connectivity index (χ0n) is 13.9. The van der Waals surface area contributed by atoms with Crippen LogP contribution in [0.25, 0.3) is 11.1 Å². The zero-order chi connectivity index (χ0) is 16.9. The van der Waals surface area contributed by atoms with Gasteiger partial charge in [0.25, 0.3) is 0 Å². The van der Waals surface area contributed by atoms with Crippen LogP contribution in [0.2, 0.25) is 0 Å². The number of carbonyl (C=O) groups is 1. The maximum Gasteiger partial charge on any atom is 0.156 e. The predicted molar refractivity (Wildman–Crippen MR) is 106 cm³/mol. The van der Waals surface area contributed by atoms with Crippen LogP contribution in [-0.2, 0) is 0 Å². The summed E-state index contributed by atoms with van der Waals surface area (Å²) in [4.78, 5) is 17.9. The van der Waals surface area contributed by atoms with Crippen LogP contribution in [0.5, 0.6) is 0 Å². The van der Waals surface area contributed by atoms with Gasteiger partial charge in [0.05, 0.1) is 11.4 Å². The Morgan fingerprint density at radius 2 is 1.68 bits per heavy atom. The maximum atomic E-state index is 11.4. The number of carbonyl (C=O) groups excluding carboxylic acids is 1. The molecule has 25 heavy (non-hydrogen) atoms. The highest BCUT2D eigenvalue weighted by atomic mass is 35.5. The Bertz CT molecular complexity index is 867. The molecule has 2 N–H and O–H groups in total. The number of hydrogen-bond acceptors (Lipinski definition) is 4. The molecule has 0 amide bonds. The number of halogens is 1. The zero-order valence-corrected chi connectivity index (χ0v) is 14.7. The molecule has 0 aliphatic rings. The van der Waals surface area contributed by atoms with E-state index >= 15 is 0 Å². The summed E-state index contributed by atoms with van der Waals surface area (Å²) >= 11 is 0. The highest BCUT2D eigenvalue weighted by Crippen LogP contribution is 2.37. The van der Waals surface area contributed by atoms with Crippen molar-refractivity contribution in [3.05, 3.63) is 72.4 Å². The van der Waals surface area contributed by atoms with Gasteiger partial charge in [0.15, 0.2) is 12.1 Å². The molecule has 0 saturated heterocycles. The molecule has 0 radical (unpaired) electrons. The van der Waals surface area contributed by atoms with Crippen molar-refractivity contribution >= 4 is 35.9 Å². The molecular weight excluding hydrogens is 334 g/mol. The number of nitrogens with two attached hydrogens (primary N) is 1. The first-order valence-corrected chi connectivity index (χ1v) is 7.88. The van der Waals surface area contributed by atoms with E-state index in [-0.39, 0.29) is 12.4 Å². The van der Waals surface area contributed by atoms with Gasteiger partial charge in [0.2, 0.25) is 0 Å². The van der Waals surface area contributed by atoms with Crippen molar-refractivity contribution in [1.82, 2.24) is 4.98 Å². The molecule has 3 aromatic rings. The van der Waals surface area contributed by atoms with Crippen LogP contribution in [0, 0.1) is 0 Å². The lowest BCUT2D eigenvalue weighted by molar-refractivity contribution is 0.112. The number of anilines is 3. The van der Waals surface area contributed by atoms with Crippen molar-refractivity contribution in [2.45, 2.75) is 6.92 Å². The van der Waals surface area contributed by atoms with Crippen molar-refractivity contribution in [2.24, 2.45) is 0 Å². The Balaban J connectivity index is 0.00000225. The summed E-state index contributed by atoms with van der Waals surface area (Å²) in [6, 6.07) is 19.2. The van der Waals surface area contributed by atoms with Gasteiger partial charge in [-0.1, -0.05) is 42.5 Å². The minimum atomic E-state index is 0. The maximum absolute atomic E-state index is 11.4. The van der Waals surface area contributed by atoms with Gasteiger partial charge in [-0.15, -0.1) is 12.4 Å². The molecular formula is C20H20ClN3O. The third-order valence-electron chi connectivity index (χ3n) is 3.96. The number of nitrogen functional groups attached to an aromatic ring is 1. The molecule has 0 atom stereocenters. The summed E-state index contributed by atoms with van der Waals surface area (Å²) in [5.41, 5.74) is 10.3. The van der Waals surface area contributed by atoms with Crippen molar-refractivity contribution in [2.75, 3.05) is 17.2 Å². The lowest BCUT2D eigenvalue weighted by Gasteiger charge is -2.26. The average Bonchev–Trinajstić information content (AvgIpc) is 2.64. The lowest BCUT2D eigenvalue weighted by atomic mass is 9.98. The van der Waals surface area contributed by atoms with Gasteiger partial charge >= 0.3 is 0 Å². The number of benzene rings is 2. The molecule has 0 bridgehead atoms. The van der Waals surface area contributed by atoms with Crippen LogP contribution >= 0.6 is 12.4 Å². The van der Waals surface area contributed by atoms with Crippen molar-refractivity contribution < 1.29 is 4.79 Å². The van der Waals surface area contributed by atoms with Crippen molar-refractivity contribution in [1.29, 1.82) is 0 Å². The minimum absolute atomic E-state index is 0. The highest BCUT2D eigenvalue weighted by Gasteiger charge is 2.17. The number of rotatable bonds is 5. The Kier molecular flexibility index (Phi) is 6.14. The lowest BCUT2D eigenvalue weighted by Crippen LogP contribution is -2.19. The quantitative estimate of drug-likeness (QED) is 0.674. The second-order valence-electron chi connectivity index (χ2n) is 5.38. The number of para-hydroxylation sites is 1. The molecule has 0 saturated carbocycles. The van der Waals surface area contributed by atoms with Gasteiger partial charge in [0.1, 0.15) is 0 Å². The van der Waals surface area contributed by atoms with E-state index in [9.17, 15) is 4.79 Å². The van der Waals surface area contributed by atoms with E-state index in [1.54, 1.807) is 6.20 Å². The number of pyridine rings is 1. The van der Waals surface area contributed by atoms with Crippen LogP contribution in [0.1, 0.15) is 17.3 Å². The van der Waals surface area contributed by atoms with E-state index in [1.165, 1.54) is 0 Å². The largest absolute Gasteiger partial charge is 0.396 e. The van der Waals surface area contributed by atoms with Gasteiger partial charge in [-0.3, -0.25) is 4.79 Å². The number of aldehydes is 1. The SMILES string of the molecule is CCN(c1ccccc1-c1ccccc1C=O)c1ncccc1N.Cl. The van der Waals surface area contributed by atoms with Gasteiger partial charge < -0.3 is 10.6 Å². The summed E-state index contributed by atoms with van der Waals surface area (Å²) in [5.74, 6) is 0.719. The first-order valence-electron chi connectivity index (χ1n) is 7.88. The molecule has 0 unspecified atom stereocenters. The molecule has 4 nitrogen and oxygen atoms in total. The average molecular weight is 354 g/mol. The fraction of sp³-hybridized carbons (Fsp3) is 0.100. The van der Waals surface area contributed by atoms with E-state index < -0.39 is 0 Å². The standard InChI is InChI=1S/C20H19N3O.ClH/c1-2-23(20-18(21)11-7-13-22-20)19-12-6-5-10-17(19)16-9-4-3-8-15(16)14-24;/h3-14H,2,21H2,1H3;1H. The molecule has 2 aromatic carbocycles. The molecule has 0 aliphatic carbocycles. The minimum Gasteiger partial charge on any atom is -0.396 e. The van der Waals surface area contributed by atoms with Crippen molar-refractivity contribution in [3.63, 3.8) is 0 Å². The van der Waals surface area contributed by atoms with Crippen LogP contribution in [0.15, 0.2) is 66.9 Å². The van der Waals surface area contributed by atoms with Crippen LogP contribution in [0.3, 0.4) is 0 Å². The highest BCUT2D eigenvalue weighted by molar-refractivity contribution is 5.93. The molecule has 128 valence electrons. The fourth-order valence-electron chi connectivity index (χ4n) is 2.85. The summed E-state index contributed by atoms with van der Waals surface area (Å²) in [6.45, 7) is 2.76. The predicted octanol–water partition coefficient (Wildman–Crippen LogP) is 4.72. The van der Waals surface area contributed by atoms with Crippen molar-refractivity contribution in [3.8, 4) is 11.1 Å². The summed E-state index contributed by atoms with van der Waals surface area (Å²) in [5, 5.41) is 0. The second kappa shape index (κ2) is 8.31. The third-order valence-corrected chi connectivity index (χ3v) is 3.96. The molecule has 0 fully saturated rings. The van der Waals surface area contributed by atoms with Gasteiger partial charge in [-0.25, -0.2) is 4.98 Å². The third kappa shape index (κ3) is 3.64. The molecule has 5 heteroatoms. The number of nitrogens with zero attached hydrogens (tertiary/aromatic N) is 2. The first kappa shape index (κ1) is 18.5. The Labute approximate surface area is 153 Å². The van der Waals surface area contributed by atoms with Gasteiger partial charge in [-0.2, -0.15) is 0 Å². The topological polar surface area (TPSA) is 59.2 Å². The Hall–Kier alpha value is -2.85. The normalized spacial score (nSPS) is 9.96. The summed E-state index contributed by atoms with van der Waals surface area (Å²) < 4.78 is 0. The summed E-state index contributed by atoms with van der Waals surface area (Å²) in [6.07, 6.45) is 2.62. The number of aromatic nitrogens is 1. The molecule has 1 heterocycles. The molecule has 1 aromatic heterocycles.